The zero-order valence-corrected chi connectivity index (χ0v) is 21.5. The van der Waals surface area contributed by atoms with Crippen molar-refractivity contribution in [2.24, 2.45) is 0 Å². The van der Waals surface area contributed by atoms with Crippen molar-refractivity contribution in [1.29, 1.82) is 0 Å². The van der Waals surface area contributed by atoms with Gasteiger partial charge in [0.1, 0.15) is 13.2 Å². The Balaban J connectivity index is 4.67. The van der Waals surface area contributed by atoms with Gasteiger partial charge in [-0.3, -0.25) is 9.36 Å². The fraction of sp³-hybridized carbons (Fsp3) is 0.783. The molecule has 0 aliphatic rings. The molecule has 0 aromatic carbocycles. The maximum Gasteiger partial charge on any atom is 0.268 e. The monoisotopic (exact) mass is 476 g/mol. The van der Waals surface area contributed by atoms with Crippen molar-refractivity contribution in [3.05, 3.63) is 24.3 Å². The maximum absolute atomic E-state index is 12.0. The second kappa shape index (κ2) is 17.5. The molecule has 2 N–H and O–H groups in total. The average molecular weight is 477 g/mol. The molecule has 32 heavy (non-hydrogen) atoms. The number of nitrogens with one attached hydrogen (secondary N) is 1. The molecule has 0 aromatic heterocycles. The summed E-state index contributed by atoms with van der Waals surface area (Å²) in [6.07, 6.45) is 13.9. The summed E-state index contributed by atoms with van der Waals surface area (Å²) in [7, 11) is 1.22. The number of nitrogens with zero attached hydrogens (tertiary/aromatic N) is 1. The number of rotatable bonds is 19. The molecule has 0 aliphatic carbocycles. The Morgan fingerprint density at radius 2 is 1.72 bits per heavy atom. The van der Waals surface area contributed by atoms with E-state index in [1.165, 1.54) is 19.3 Å². The molecule has 0 bridgehead atoms. The molecule has 0 fully saturated rings. The molecular weight excluding hydrogens is 431 g/mol. The number of carbonyl (C=O) groups excluding carboxylic acids is 1. The van der Waals surface area contributed by atoms with Crippen LogP contribution in [-0.4, -0.2) is 68.5 Å². The number of aliphatic hydroxyl groups is 1. The molecule has 8 nitrogen and oxygen atoms in total. The summed E-state index contributed by atoms with van der Waals surface area (Å²) in [4.78, 5) is 24.0. The number of phosphoric ester groups is 1. The molecule has 0 rings (SSSR count). The van der Waals surface area contributed by atoms with Crippen LogP contribution in [0, 0.1) is 0 Å². The summed E-state index contributed by atoms with van der Waals surface area (Å²) < 4.78 is 22.4. The average Bonchev–Trinajstić information content (AvgIpc) is 2.68. The van der Waals surface area contributed by atoms with Crippen molar-refractivity contribution in [1.82, 2.24) is 5.32 Å². The van der Waals surface area contributed by atoms with Crippen LogP contribution >= 0.6 is 7.82 Å². The van der Waals surface area contributed by atoms with Gasteiger partial charge in [0.15, 0.2) is 0 Å². The van der Waals surface area contributed by atoms with Crippen molar-refractivity contribution in [3.8, 4) is 0 Å². The number of phosphoric acid groups is 1. The third kappa shape index (κ3) is 18.5. The normalized spacial score (nSPS) is 16.3. The largest absolute Gasteiger partial charge is 0.756 e. The minimum atomic E-state index is -4.54. The first kappa shape index (κ1) is 31.0. The number of hydrogen-bond acceptors (Lipinski definition) is 6. The quantitative estimate of drug-likeness (QED) is 0.128. The molecule has 3 atom stereocenters. The number of aliphatic hydroxyl groups excluding tert-OH is 1. The first-order valence-electron chi connectivity index (χ1n) is 11.7. The molecule has 3 unspecified atom stereocenters. The smallest absolute Gasteiger partial charge is 0.268 e. The first-order valence-corrected chi connectivity index (χ1v) is 13.2. The second-order valence-electron chi connectivity index (χ2n) is 8.98. The van der Waals surface area contributed by atoms with Crippen LogP contribution in [0.3, 0.4) is 0 Å². The molecule has 0 aliphatic heterocycles. The summed E-state index contributed by atoms with van der Waals surface area (Å²) >= 11 is 0. The summed E-state index contributed by atoms with van der Waals surface area (Å²) in [5.74, 6) is -0.268. The van der Waals surface area contributed by atoms with E-state index in [9.17, 15) is 19.4 Å². The highest BCUT2D eigenvalue weighted by Crippen LogP contribution is 2.38. The Morgan fingerprint density at radius 3 is 2.34 bits per heavy atom. The van der Waals surface area contributed by atoms with Crippen LogP contribution < -0.4 is 10.2 Å². The Morgan fingerprint density at radius 1 is 1.06 bits per heavy atom. The van der Waals surface area contributed by atoms with Crippen molar-refractivity contribution in [2.45, 2.75) is 77.4 Å². The predicted octanol–water partition coefficient (Wildman–Crippen LogP) is 3.31. The number of allylic oxidation sites excluding steroid dienone is 3. The number of hydrogen-bond donors (Lipinski definition) is 2. The predicted molar refractivity (Wildman–Crippen MR) is 127 cm³/mol. The molecule has 188 valence electrons. The number of amides is 1. The van der Waals surface area contributed by atoms with E-state index in [1.54, 1.807) is 6.08 Å². The van der Waals surface area contributed by atoms with Gasteiger partial charge in [0.05, 0.1) is 39.9 Å². The fourth-order valence-electron chi connectivity index (χ4n) is 2.68. The second-order valence-corrected chi connectivity index (χ2v) is 10.4. The van der Waals surface area contributed by atoms with Gasteiger partial charge in [0.2, 0.25) is 5.91 Å². The topological polar surface area (TPSA) is 108 Å². The molecule has 0 spiro atoms. The maximum atomic E-state index is 12.0. The summed E-state index contributed by atoms with van der Waals surface area (Å²) in [6, 6.07) is -0.890. The zero-order chi connectivity index (χ0) is 24.5. The lowest BCUT2D eigenvalue weighted by Crippen LogP contribution is -2.45. The highest BCUT2D eigenvalue weighted by molar-refractivity contribution is 7.45. The Labute approximate surface area is 194 Å². The van der Waals surface area contributed by atoms with Crippen LogP contribution in [0.1, 0.15) is 65.2 Å². The van der Waals surface area contributed by atoms with Gasteiger partial charge in [0.25, 0.3) is 7.82 Å². The van der Waals surface area contributed by atoms with Crippen LogP contribution in [0.4, 0.5) is 0 Å². The van der Waals surface area contributed by atoms with Crippen LogP contribution in [0.15, 0.2) is 24.3 Å². The van der Waals surface area contributed by atoms with Crippen LogP contribution in [0.25, 0.3) is 0 Å². The minimum absolute atomic E-state index is 0.00838. The van der Waals surface area contributed by atoms with E-state index in [2.05, 4.69) is 24.4 Å². The Hall–Kier alpha value is -1.02. The van der Waals surface area contributed by atoms with Gasteiger partial charge < -0.3 is 28.8 Å². The van der Waals surface area contributed by atoms with E-state index in [-0.39, 0.29) is 18.9 Å². The van der Waals surface area contributed by atoms with Gasteiger partial charge in [-0.25, -0.2) is 0 Å². The van der Waals surface area contributed by atoms with E-state index in [4.69, 9.17) is 9.05 Å². The van der Waals surface area contributed by atoms with Gasteiger partial charge in [-0.1, -0.05) is 51.0 Å². The van der Waals surface area contributed by atoms with Crippen LogP contribution in [-0.2, 0) is 18.4 Å². The fourth-order valence-corrected chi connectivity index (χ4v) is 3.40. The van der Waals surface area contributed by atoms with Crippen molar-refractivity contribution in [2.75, 3.05) is 40.9 Å². The number of carbonyl (C=O) groups is 1. The van der Waals surface area contributed by atoms with Gasteiger partial charge in [0, 0.05) is 6.42 Å². The van der Waals surface area contributed by atoms with Gasteiger partial charge in [-0.15, -0.1) is 0 Å². The van der Waals surface area contributed by atoms with Gasteiger partial charge in [-0.05, 0) is 32.1 Å². The number of likely N-dealkylation sites (N-methyl/N-ethyl adjacent to an activating group) is 1. The van der Waals surface area contributed by atoms with Gasteiger partial charge >= 0.3 is 0 Å². The van der Waals surface area contributed by atoms with Crippen molar-refractivity contribution < 1.29 is 32.9 Å². The van der Waals surface area contributed by atoms with E-state index in [1.807, 2.05) is 34.1 Å². The Bertz CT molecular complexity index is 604. The SMILES string of the molecule is CCCCC/C=C/CC/C=C/C(O)C(COP(=O)([O-])OCC[N+](C)(C)C)NC(=O)CCC. The van der Waals surface area contributed by atoms with E-state index < -0.39 is 26.6 Å². The highest BCUT2D eigenvalue weighted by atomic mass is 31.2. The summed E-state index contributed by atoms with van der Waals surface area (Å²) in [5.41, 5.74) is 0. The standard InChI is InChI=1S/C23H45N2O6P/c1-6-8-9-10-11-12-13-14-15-17-22(26)21(24-23(27)16-7-2)20-31-32(28,29)30-19-18-25(3,4)5/h11-12,15,17,21-22,26H,6-10,13-14,16,18-20H2,1-5H3,(H-,24,27,28,29)/b12-11+,17-15+. The van der Waals surface area contributed by atoms with Crippen molar-refractivity contribution >= 4 is 13.7 Å². The third-order valence-electron chi connectivity index (χ3n) is 4.63. The number of unbranched alkanes of at least 4 members (excludes halogenated alkanes) is 4. The lowest BCUT2D eigenvalue weighted by atomic mass is 10.1. The van der Waals surface area contributed by atoms with Crippen molar-refractivity contribution in [3.63, 3.8) is 0 Å². The zero-order valence-electron chi connectivity index (χ0n) is 20.6. The lowest BCUT2D eigenvalue weighted by molar-refractivity contribution is -0.870. The molecule has 0 saturated carbocycles. The van der Waals surface area contributed by atoms with E-state index in [0.717, 1.165) is 19.3 Å². The van der Waals surface area contributed by atoms with Crippen LogP contribution in [0.2, 0.25) is 0 Å². The number of quaternary nitrogens is 1. The minimum Gasteiger partial charge on any atom is -0.756 e. The summed E-state index contributed by atoms with van der Waals surface area (Å²) in [5, 5.41) is 13.1. The first-order chi connectivity index (χ1) is 15.0. The molecule has 0 aromatic rings. The third-order valence-corrected chi connectivity index (χ3v) is 5.60. The lowest BCUT2D eigenvalue weighted by Gasteiger charge is -2.29. The molecule has 0 saturated heterocycles. The van der Waals surface area contributed by atoms with E-state index >= 15 is 0 Å². The molecule has 1 amide bonds. The van der Waals surface area contributed by atoms with Gasteiger partial charge in [-0.2, -0.15) is 0 Å². The van der Waals surface area contributed by atoms with E-state index in [0.29, 0.717) is 17.4 Å². The molecule has 0 heterocycles. The molecule has 0 radical (unpaired) electrons. The summed E-state index contributed by atoms with van der Waals surface area (Å²) in [6.45, 7) is 4.13. The molecular formula is C23H45N2O6P. The van der Waals surface area contributed by atoms with Crippen LogP contribution in [0.5, 0.6) is 0 Å². The highest BCUT2D eigenvalue weighted by Gasteiger charge is 2.22. The Kier molecular flexibility index (Phi) is 16.9. The molecule has 9 heteroatoms.